The van der Waals surface area contributed by atoms with Gasteiger partial charge in [-0.05, 0) is 31.8 Å². The fraction of sp³-hybridized carbons (Fsp3) is 0.500. The summed E-state index contributed by atoms with van der Waals surface area (Å²) >= 11 is 2.98. The molecular weight excluding hydrogens is 320 g/mol. The van der Waals surface area contributed by atoms with Crippen LogP contribution < -0.4 is 10.6 Å². The van der Waals surface area contributed by atoms with Gasteiger partial charge in [0.25, 0.3) is 5.91 Å². The third-order valence-corrected chi connectivity index (χ3v) is 5.44. The maximum Gasteiger partial charge on any atom is 0.276 e. The molecule has 3 rings (SSSR count). The Kier molecular flexibility index (Phi) is 5.14. The molecule has 0 bridgehead atoms. The standard InChI is InChI=1S/C14H18N4O2S2/c1-20-7-12-17-10(8-21-12)13(19)18-14-16-6-11(22-14)9-2-4-15-5-3-9/h6,8-9,15H,2-5,7H2,1H3,(H,16,18,19). The van der Waals surface area contributed by atoms with E-state index < -0.39 is 0 Å². The second kappa shape index (κ2) is 7.28. The van der Waals surface area contributed by atoms with Crippen molar-refractivity contribution in [2.24, 2.45) is 0 Å². The van der Waals surface area contributed by atoms with E-state index in [2.05, 4.69) is 20.6 Å². The number of hydrogen-bond acceptors (Lipinski definition) is 7. The molecule has 118 valence electrons. The van der Waals surface area contributed by atoms with Crippen LogP contribution in [0.25, 0.3) is 0 Å². The number of methoxy groups -OCH3 is 1. The predicted molar refractivity (Wildman–Crippen MR) is 87.7 cm³/mol. The zero-order valence-electron chi connectivity index (χ0n) is 12.3. The van der Waals surface area contributed by atoms with Gasteiger partial charge in [-0.2, -0.15) is 0 Å². The Balaban J connectivity index is 1.62. The van der Waals surface area contributed by atoms with Gasteiger partial charge in [0, 0.05) is 23.6 Å². The first-order chi connectivity index (χ1) is 10.8. The summed E-state index contributed by atoms with van der Waals surface area (Å²) in [5.41, 5.74) is 0.413. The molecular formula is C14H18N4O2S2. The molecule has 0 spiro atoms. The van der Waals surface area contributed by atoms with Crippen LogP contribution in [-0.4, -0.2) is 36.1 Å². The molecule has 0 saturated carbocycles. The molecule has 0 aliphatic carbocycles. The number of nitrogens with zero attached hydrogens (tertiary/aromatic N) is 2. The normalized spacial score (nSPS) is 15.9. The molecule has 1 aliphatic heterocycles. The molecule has 2 aromatic heterocycles. The number of carbonyl (C=O) groups is 1. The topological polar surface area (TPSA) is 76.1 Å². The third-order valence-electron chi connectivity index (χ3n) is 3.54. The van der Waals surface area contributed by atoms with Gasteiger partial charge in [0.05, 0.1) is 6.61 Å². The van der Waals surface area contributed by atoms with E-state index in [0.29, 0.717) is 23.4 Å². The lowest BCUT2D eigenvalue weighted by atomic mass is 9.97. The number of carbonyl (C=O) groups excluding carboxylic acids is 1. The average molecular weight is 338 g/mol. The molecule has 3 heterocycles. The molecule has 0 aromatic carbocycles. The monoisotopic (exact) mass is 338 g/mol. The van der Waals surface area contributed by atoms with Crippen molar-refractivity contribution >= 4 is 33.7 Å². The molecule has 22 heavy (non-hydrogen) atoms. The zero-order chi connectivity index (χ0) is 15.4. The highest BCUT2D eigenvalue weighted by Gasteiger charge is 2.19. The number of rotatable bonds is 5. The lowest BCUT2D eigenvalue weighted by Crippen LogP contribution is -2.26. The van der Waals surface area contributed by atoms with E-state index in [1.807, 2.05) is 6.20 Å². The molecule has 2 N–H and O–H groups in total. The van der Waals surface area contributed by atoms with Crippen molar-refractivity contribution in [3.8, 4) is 0 Å². The van der Waals surface area contributed by atoms with E-state index >= 15 is 0 Å². The summed E-state index contributed by atoms with van der Waals surface area (Å²) in [6, 6.07) is 0. The fourth-order valence-corrected chi connectivity index (χ4v) is 4.13. The summed E-state index contributed by atoms with van der Waals surface area (Å²) in [5, 5.41) is 9.36. The molecule has 2 aromatic rings. The minimum atomic E-state index is -0.218. The summed E-state index contributed by atoms with van der Waals surface area (Å²) in [4.78, 5) is 22.0. The van der Waals surface area contributed by atoms with Crippen LogP contribution in [0.4, 0.5) is 5.13 Å². The van der Waals surface area contributed by atoms with Crippen molar-refractivity contribution in [3.05, 3.63) is 27.2 Å². The van der Waals surface area contributed by atoms with Crippen LogP contribution >= 0.6 is 22.7 Å². The molecule has 6 nitrogen and oxygen atoms in total. The minimum absolute atomic E-state index is 0.218. The van der Waals surface area contributed by atoms with Crippen molar-refractivity contribution in [1.82, 2.24) is 15.3 Å². The van der Waals surface area contributed by atoms with Crippen molar-refractivity contribution in [2.45, 2.75) is 25.4 Å². The van der Waals surface area contributed by atoms with Crippen LogP contribution in [0.2, 0.25) is 0 Å². The number of thiazole rings is 2. The van der Waals surface area contributed by atoms with Gasteiger partial charge in [0.1, 0.15) is 10.7 Å². The van der Waals surface area contributed by atoms with Gasteiger partial charge in [-0.1, -0.05) is 0 Å². The van der Waals surface area contributed by atoms with Crippen LogP contribution in [0.3, 0.4) is 0 Å². The number of amides is 1. The summed E-state index contributed by atoms with van der Waals surface area (Å²) in [6.07, 6.45) is 4.14. The molecule has 1 aliphatic rings. The largest absolute Gasteiger partial charge is 0.378 e. The molecule has 1 fully saturated rings. The average Bonchev–Trinajstić information content (AvgIpc) is 3.18. The summed E-state index contributed by atoms with van der Waals surface area (Å²) in [6.45, 7) is 2.52. The van der Waals surface area contributed by atoms with Crippen LogP contribution in [0, 0.1) is 0 Å². The van der Waals surface area contributed by atoms with Crippen LogP contribution in [0.5, 0.6) is 0 Å². The second-order valence-corrected chi connectivity index (χ2v) is 7.11. The summed E-state index contributed by atoms with van der Waals surface area (Å²) in [7, 11) is 1.61. The lowest BCUT2D eigenvalue weighted by molar-refractivity contribution is 0.102. The Morgan fingerprint density at radius 2 is 2.32 bits per heavy atom. The van der Waals surface area contributed by atoms with E-state index in [0.717, 1.165) is 30.9 Å². The first-order valence-electron chi connectivity index (χ1n) is 7.17. The number of hydrogen-bond donors (Lipinski definition) is 2. The van der Waals surface area contributed by atoms with Crippen molar-refractivity contribution in [3.63, 3.8) is 0 Å². The second-order valence-electron chi connectivity index (χ2n) is 5.11. The fourth-order valence-electron chi connectivity index (χ4n) is 2.41. The summed E-state index contributed by atoms with van der Waals surface area (Å²) < 4.78 is 5.01. The Bertz CT molecular complexity index is 634. The maximum atomic E-state index is 12.2. The van der Waals surface area contributed by atoms with E-state index in [4.69, 9.17) is 4.74 Å². The number of anilines is 1. The number of nitrogens with one attached hydrogen (secondary N) is 2. The van der Waals surface area contributed by atoms with E-state index in [-0.39, 0.29) is 5.91 Å². The van der Waals surface area contributed by atoms with Gasteiger partial charge in [-0.25, -0.2) is 9.97 Å². The quantitative estimate of drug-likeness (QED) is 0.876. The molecule has 1 amide bonds. The SMILES string of the molecule is COCc1nc(C(=O)Nc2ncc(C3CCNCC3)s2)cs1. The van der Waals surface area contributed by atoms with Gasteiger partial charge >= 0.3 is 0 Å². The number of ether oxygens (including phenoxy) is 1. The predicted octanol–water partition coefficient (Wildman–Crippen LogP) is 2.47. The highest BCUT2D eigenvalue weighted by atomic mass is 32.1. The Labute approximate surface area is 136 Å². The third kappa shape index (κ3) is 3.70. The summed E-state index contributed by atoms with van der Waals surface area (Å²) in [5.74, 6) is 0.335. The van der Waals surface area contributed by atoms with Crippen molar-refractivity contribution in [1.29, 1.82) is 0 Å². The highest BCUT2D eigenvalue weighted by Crippen LogP contribution is 2.31. The minimum Gasteiger partial charge on any atom is -0.378 e. The maximum absolute atomic E-state index is 12.2. The van der Waals surface area contributed by atoms with E-state index in [1.165, 1.54) is 16.2 Å². The lowest BCUT2D eigenvalue weighted by Gasteiger charge is -2.20. The molecule has 0 radical (unpaired) electrons. The van der Waals surface area contributed by atoms with Crippen LogP contribution in [0.1, 0.15) is 39.1 Å². The Hall–Kier alpha value is -1.35. The molecule has 0 atom stereocenters. The highest BCUT2D eigenvalue weighted by molar-refractivity contribution is 7.15. The van der Waals surface area contributed by atoms with E-state index in [1.54, 1.807) is 23.8 Å². The van der Waals surface area contributed by atoms with Crippen LogP contribution in [0.15, 0.2) is 11.6 Å². The Morgan fingerprint density at radius 3 is 3.09 bits per heavy atom. The van der Waals surface area contributed by atoms with Crippen LogP contribution in [-0.2, 0) is 11.3 Å². The zero-order valence-corrected chi connectivity index (χ0v) is 13.9. The van der Waals surface area contributed by atoms with Crippen molar-refractivity contribution in [2.75, 3.05) is 25.5 Å². The smallest absolute Gasteiger partial charge is 0.276 e. The van der Waals surface area contributed by atoms with Gasteiger partial charge < -0.3 is 10.1 Å². The first kappa shape index (κ1) is 15.5. The van der Waals surface area contributed by atoms with E-state index in [9.17, 15) is 4.79 Å². The molecule has 0 unspecified atom stereocenters. The van der Waals surface area contributed by atoms with Gasteiger partial charge in [0.15, 0.2) is 5.13 Å². The van der Waals surface area contributed by atoms with Gasteiger partial charge in [0.2, 0.25) is 0 Å². The number of aromatic nitrogens is 2. The Morgan fingerprint density at radius 1 is 1.50 bits per heavy atom. The van der Waals surface area contributed by atoms with Gasteiger partial charge in [-0.3, -0.25) is 10.1 Å². The van der Waals surface area contributed by atoms with Crippen molar-refractivity contribution < 1.29 is 9.53 Å². The first-order valence-corrected chi connectivity index (χ1v) is 8.87. The number of piperidine rings is 1. The van der Waals surface area contributed by atoms with Gasteiger partial charge in [-0.15, -0.1) is 22.7 Å². The molecule has 8 heteroatoms. The molecule has 1 saturated heterocycles.